The summed E-state index contributed by atoms with van der Waals surface area (Å²) in [6, 6.07) is 11.1. The maximum absolute atomic E-state index is 12.9. The second kappa shape index (κ2) is 7.99. The van der Waals surface area contributed by atoms with Crippen LogP contribution in [-0.4, -0.2) is 33.5 Å². The zero-order chi connectivity index (χ0) is 20.3. The molecule has 1 amide bonds. The van der Waals surface area contributed by atoms with E-state index in [4.69, 9.17) is 4.74 Å². The molecule has 0 radical (unpaired) electrons. The van der Waals surface area contributed by atoms with Crippen molar-refractivity contribution in [3.63, 3.8) is 0 Å². The molecule has 3 aromatic rings. The van der Waals surface area contributed by atoms with Crippen LogP contribution in [0.1, 0.15) is 27.3 Å². The Kier molecular flexibility index (Phi) is 5.49. The second-order valence-corrected chi connectivity index (χ2v) is 6.34. The molecule has 3 rings (SSSR count). The van der Waals surface area contributed by atoms with E-state index in [9.17, 15) is 14.0 Å². The van der Waals surface area contributed by atoms with Gasteiger partial charge in [0.1, 0.15) is 5.82 Å². The van der Waals surface area contributed by atoms with Gasteiger partial charge in [0.05, 0.1) is 11.4 Å². The Morgan fingerprint density at radius 3 is 2.46 bits per heavy atom. The fourth-order valence-electron chi connectivity index (χ4n) is 2.63. The molecule has 0 unspecified atom stereocenters. The molecule has 0 aliphatic heterocycles. The number of aromatic nitrogens is 3. The van der Waals surface area contributed by atoms with Crippen LogP contribution in [0.2, 0.25) is 0 Å². The topological polar surface area (TPSA) is 86.1 Å². The molecule has 0 saturated heterocycles. The molecule has 1 aromatic heterocycles. The van der Waals surface area contributed by atoms with Crippen LogP contribution < -0.4 is 5.32 Å². The first-order valence-electron chi connectivity index (χ1n) is 8.57. The van der Waals surface area contributed by atoms with E-state index in [1.807, 2.05) is 32.0 Å². The molecule has 0 fully saturated rings. The Hall–Kier alpha value is -3.55. The molecular formula is C20H19FN4O3. The number of rotatable bonds is 5. The Labute approximate surface area is 161 Å². The van der Waals surface area contributed by atoms with Gasteiger partial charge in [-0.15, -0.1) is 5.10 Å². The smallest absolute Gasteiger partial charge is 0.361 e. The first kappa shape index (κ1) is 19.2. The second-order valence-electron chi connectivity index (χ2n) is 6.34. The zero-order valence-electron chi connectivity index (χ0n) is 15.7. The van der Waals surface area contributed by atoms with E-state index in [0.717, 1.165) is 16.8 Å². The van der Waals surface area contributed by atoms with Crippen LogP contribution in [-0.2, 0) is 9.53 Å². The first-order valence-corrected chi connectivity index (χ1v) is 8.57. The Bertz CT molecular complexity index is 1030. The number of aryl methyl sites for hydroxylation is 3. The highest BCUT2D eigenvalue weighted by Crippen LogP contribution is 2.16. The molecular weight excluding hydrogens is 363 g/mol. The average molecular weight is 382 g/mol. The van der Waals surface area contributed by atoms with Crippen molar-refractivity contribution < 1.29 is 18.7 Å². The third-order valence-corrected chi connectivity index (χ3v) is 4.01. The van der Waals surface area contributed by atoms with Crippen molar-refractivity contribution in [2.45, 2.75) is 20.8 Å². The van der Waals surface area contributed by atoms with E-state index in [1.165, 1.54) is 29.1 Å². The number of amides is 1. The van der Waals surface area contributed by atoms with Gasteiger partial charge < -0.3 is 10.1 Å². The molecule has 0 spiro atoms. The highest BCUT2D eigenvalue weighted by atomic mass is 19.1. The normalized spacial score (nSPS) is 10.6. The first-order chi connectivity index (χ1) is 13.3. The van der Waals surface area contributed by atoms with Gasteiger partial charge in [0, 0.05) is 5.69 Å². The number of benzene rings is 2. The third kappa shape index (κ3) is 4.40. The number of nitrogens with zero attached hydrogens (tertiary/aromatic N) is 3. The number of nitrogens with one attached hydrogen (secondary N) is 1. The summed E-state index contributed by atoms with van der Waals surface area (Å²) < 4.78 is 17.9. The van der Waals surface area contributed by atoms with Crippen LogP contribution >= 0.6 is 0 Å². The predicted octanol–water partition coefficient (Wildman–Crippen LogP) is 3.13. The summed E-state index contributed by atoms with van der Waals surface area (Å²) in [6.45, 7) is 5.06. The van der Waals surface area contributed by atoms with Crippen molar-refractivity contribution in [1.82, 2.24) is 15.0 Å². The highest BCUT2D eigenvalue weighted by Gasteiger charge is 2.19. The summed E-state index contributed by atoms with van der Waals surface area (Å²) in [5.41, 5.74) is 3.66. The average Bonchev–Trinajstić information content (AvgIpc) is 3.03. The summed E-state index contributed by atoms with van der Waals surface area (Å²) in [6.07, 6.45) is 0. The molecule has 0 bridgehead atoms. The number of halogens is 1. The van der Waals surface area contributed by atoms with Gasteiger partial charge in [0.15, 0.2) is 12.3 Å². The quantitative estimate of drug-likeness (QED) is 0.685. The van der Waals surface area contributed by atoms with Gasteiger partial charge in [-0.25, -0.2) is 9.18 Å². The zero-order valence-corrected chi connectivity index (χ0v) is 15.7. The van der Waals surface area contributed by atoms with E-state index in [2.05, 4.69) is 15.5 Å². The molecule has 0 saturated carbocycles. The van der Waals surface area contributed by atoms with Crippen LogP contribution in [0.4, 0.5) is 10.1 Å². The lowest BCUT2D eigenvalue weighted by Crippen LogP contribution is -2.21. The summed E-state index contributed by atoms with van der Waals surface area (Å²) in [5.74, 6) is -1.70. The maximum atomic E-state index is 12.9. The van der Waals surface area contributed by atoms with Crippen LogP contribution in [0.15, 0.2) is 42.5 Å². The van der Waals surface area contributed by atoms with Crippen molar-refractivity contribution in [3.05, 3.63) is 70.8 Å². The molecule has 2 aromatic carbocycles. The van der Waals surface area contributed by atoms with E-state index < -0.39 is 24.3 Å². The van der Waals surface area contributed by atoms with Crippen molar-refractivity contribution in [1.29, 1.82) is 0 Å². The lowest BCUT2D eigenvalue weighted by Gasteiger charge is -2.06. The molecule has 28 heavy (non-hydrogen) atoms. The molecule has 0 aliphatic carbocycles. The number of ether oxygens (including phenoxy) is 1. The van der Waals surface area contributed by atoms with Crippen molar-refractivity contribution in [3.8, 4) is 5.69 Å². The minimum absolute atomic E-state index is 0.0366. The van der Waals surface area contributed by atoms with Gasteiger partial charge in [0.2, 0.25) is 0 Å². The summed E-state index contributed by atoms with van der Waals surface area (Å²) in [4.78, 5) is 25.6. The largest absolute Gasteiger partial charge is 0.451 e. The molecule has 8 heteroatoms. The van der Waals surface area contributed by atoms with Crippen molar-refractivity contribution in [2.75, 3.05) is 11.9 Å². The van der Waals surface area contributed by atoms with Crippen LogP contribution in [0.3, 0.4) is 0 Å². The van der Waals surface area contributed by atoms with Gasteiger partial charge in [-0.3, -0.25) is 4.79 Å². The molecule has 144 valence electrons. The number of esters is 1. The predicted molar refractivity (Wildman–Crippen MR) is 101 cm³/mol. The number of hydrogen-bond donors (Lipinski definition) is 1. The van der Waals surface area contributed by atoms with Crippen LogP contribution in [0.25, 0.3) is 5.69 Å². The Balaban J connectivity index is 1.65. The lowest BCUT2D eigenvalue weighted by atomic mass is 10.1. The molecule has 1 N–H and O–H groups in total. The SMILES string of the molecule is Cc1ccc(-n2nc(C)c(C(=O)OCC(=O)Nc3ccc(F)cc3)n2)c(C)c1. The number of carbonyl (C=O) groups is 2. The van der Waals surface area contributed by atoms with Crippen LogP contribution in [0, 0.1) is 26.6 Å². The Morgan fingerprint density at radius 1 is 1.07 bits per heavy atom. The minimum atomic E-state index is -0.747. The van der Waals surface area contributed by atoms with Crippen molar-refractivity contribution >= 4 is 17.6 Å². The maximum Gasteiger partial charge on any atom is 0.361 e. The Morgan fingerprint density at radius 2 is 1.79 bits per heavy atom. The van der Waals surface area contributed by atoms with E-state index >= 15 is 0 Å². The van der Waals surface area contributed by atoms with Gasteiger partial charge in [-0.1, -0.05) is 17.7 Å². The number of carbonyl (C=O) groups excluding carboxylic acids is 2. The molecule has 1 heterocycles. The number of anilines is 1. The van der Waals surface area contributed by atoms with E-state index in [-0.39, 0.29) is 5.69 Å². The fourth-order valence-corrected chi connectivity index (χ4v) is 2.63. The van der Waals surface area contributed by atoms with Gasteiger partial charge in [-0.05, 0) is 56.7 Å². The summed E-state index contributed by atoms with van der Waals surface area (Å²) >= 11 is 0. The van der Waals surface area contributed by atoms with Crippen molar-refractivity contribution in [2.24, 2.45) is 0 Å². The van der Waals surface area contributed by atoms with E-state index in [1.54, 1.807) is 6.92 Å². The molecule has 7 nitrogen and oxygen atoms in total. The minimum Gasteiger partial charge on any atom is -0.451 e. The van der Waals surface area contributed by atoms with Gasteiger partial charge in [-0.2, -0.15) is 9.90 Å². The molecule has 0 atom stereocenters. The number of hydrogen-bond acceptors (Lipinski definition) is 5. The summed E-state index contributed by atoms with van der Waals surface area (Å²) in [7, 11) is 0. The van der Waals surface area contributed by atoms with Gasteiger partial charge >= 0.3 is 5.97 Å². The molecule has 0 aliphatic rings. The third-order valence-electron chi connectivity index (χ3n) is 4.01. The van der Waals surface area contributed by atoms with Gasteiger partial charge in [0.25, 0.3) is 5.91 Å². The standard InChI is InChI=1S/C20H19FN4O3/c1-12-4-9-17(13(2)10-12)25-23-14(3)19(24-25)20(27)28-11-18(26)22-16-7-5-15(21)6-8-16/h4-10H,11H2,1-3H3,(H,22,26). The fraction of sp³-hybridized carbons (Fsp3) is 0.200. The summed E-state index contributed by atoms with van der Waals surface area (Å²) in [5, 5.41) is 11.0. The highest BCUT2D eigenvalue weighted by molar-refractivity contribution is 5.95. The monoisotopic (exact) mass is 382 g/mol. The van der Waals surface area contributed by atoms with E-state index in [0.29, 0.717) is 11.4 Å². The van der Waals surface area contributed by atoms with Crippen LogP contribution in [0.5, 0.6) is 0 Å². The lowest BCUT2D eigenvalue weighted by molar-refractivity contribution is -0.119.